The summed E-state index contributed by atoms with van der Waals surface area (Å²) in [4.78, 5) is 40.0. The lowest BCUT2D eigenvalue weighted by molar-refractivity contribution is -0.149. The molecule has 1 heterocycles. The molecule has 13 heteroatoms. The van der Waals surface area contributed by atoms with E-state index < -0.39 is 58.0 Å². The maximum Gasteiger partial charge on any atom is 0.339 e. The third-order valence-corrected chi connectivity index (χ3v) is 16.0. The molecule has 9 nitrogen and oxygen atoms in total. The number of hydrogen-bond acceptors (Lipinski definition) is 8. The van der Waals surface area contributed by atoms with Crippen LogP contribution in [0.25, 0.3) is 0 Å². The molecule has 6 unspecified atom stereocenters. The van der Waals surface area contributed by atoms with Gasteiger partial charge in [0.2, 0.25) is 0 Å². The van der Waals surface area contributed by atoms with Crippen LogP contribution in [0.3, 0.4) is 0 Å². The summed E-state index contributed by atoms with van der Waals surface area (Å²) in [6.45, 7) is 0. The first-order chi connectivity index (χ1) is 21.4. The minimum Gasteiger partial charge on any atom is -0.458 e. The predicted octanol–water partition coefficient (Wildman–Crippen LogP) is 6.23. The second-order valence-electron chi connectivity index (χ2n) is 13.7. The van der Waals surface area contributed by atoms with E-state index in [1.807, 2.05) is 6.07 Å². The number of ether oxygens (including phenoxy) is 3. The number of carbonyl (C=O) groups excluding carboxylic acids is 3. The lowest BCUT2D eigenvalue weighted by atomic mass is 9.51. The Hall–Kier alpha value is -1.05. The van der Waals surface area contributed by atoms with Crippen LogP contribution in [0.4, 0.5) is 0 Å². The molecular formula is C32H29I3O9S. The summed E-state index contributed by atoms with van der Waals surface area (Å²) >= 11 is 6.46. The summed E-state index contributed by atoms with van der Waals surface area (Å²) in [5, 5.41) is 0. The molecule has 238 valence electrons. The van der Waals surface area contributed by atoms with Crippen LogP contribution in [-0.2, 0) is 29.2 Å². The molecule has 0 aromatic heterocycles. The van der Waals surface area contributed by atoms with Crippen molar-refractivity contribution in [1.29, 1.82) is 0 Å². The first-order valence-electron chi connectivity index (χ1n) is 15.3. The van der Waals surface area contributed by atoms with Gasteiger partial charge in [0, 0.05) is 22.5 Å². The Morgan fingerprint density at radius 3 is 2.18 bits per heavy atom. The van der Waals surface area contributed by atoms with E-state index in [1.165, 1.54) is 18.6 Å². The normalized spacial score (nSPS) is 37.2. The number of fused-ring (bicyclic) bond motifs is 1. The van der Waals surface area contributed by atoms with Crippen molar-refractivity contribution >= 4 is 95.8 Å². The highest BCUT2D eigenvalue weighted by molar-refractivity contribution is 14.1. The van der Waals surface area contributed by atoms with E-state index in [9.17, 15) is 27.4 Å². The van der Waals surface area contributed by atoms with Crippen molar-refractivity contribution in [3.63, 3.8) is 0 Å². The van der Waals surface area contributed by atoms with Gasteiger partial charge in [-0.1, -0.05) is 0 Å². The smallest absolute Gasteiger partial charge is 0.339 e. The van der Waals surface area contributed by atoms with Gasteiger partial charge in [-0.05, 0) is 172 Å². The average Bonchev–Trinajstić information content (AvgIpc) is 3.58. The number of benzene rings is 2. The molecule has 1 saturated heterocycles. The molecule has 6 atom stereocenters. The second kappa shape index (κ2) is 11.3. The fraction of sp³-hybridized carbons (Fsp3) is 0.531. The summed E-state index contributed by atoms with van der Waals surface area (Å²) < 4.78 is 55.4. The molecule has 6 aliphatic carbocycles. The molecule has 2 aromatic rings. The molecule has 9 rings (SSSR count). The van der Waals surface area contributed by atoms with Crippen LogP contribution in [0.1, 0.15) is 60.4 Å². The molecule has 2 aromatic carbocycles. The van der Waals surface area contributed by atoms with E-state index >= 15 is 0 Å². The van der Waals surface area contributed by atoms with E-state index in [2.05, 4.69) is 67.8 Å². The molecular weight excluding hydrogens is 941 g/mol. The third kappa shape index (κ3) is 5.18. The summed E-state index contributed by atoms with van der Waals surface area (Å²) in [7, 11) is -4.50. The number of carbonyl (C=O) groups is 3. The topological polar surface area (TPSA) is 133 Å². The van der Waals surface area contributed by atoms with Gasteiger partial charge in [0.15, 0.2) is 0 Å². The third-order valence-electron chi connectivity index (χ3n) is 11.4. The Kier molecular flexibility index (Phi) is 7.81. The Morgan fingerprint density at radius 2 is 1.51 bits per heavy atom. The number of hydrogen-bond donors (Lipinski definition) is 1. The van der Waals surface area contributed by atoms with Gasteiger partial charge in [-0.3, -0.25) is 14.1 Å². The predicted molar refractivity (Wildman–Crippen MR) is 184 cm³/mol. The van der Waals surface area contributed by atoms with Gasteiger partial charge in [-0.15, -0.1) is 0 Å². The lowest BCUT2D eigenvalue weighted by Gasteiger charge is -2.54. The van der Waals surface area contributed by atoms with Crippen LogP contribution in [0.5, 0.6) is 5.75 Å². The van der Waals surface area contributed by atoms with E-state index in [4.69, 9.17) is 14.2 Å². The van der Waals surface area contributed by atoms with E-state index in [0.29, 0.717) is 41.2 Å². The fourth-order valence-electron chi connectivity index (χ4n) is 10.0. The molecule has 0 amide bonds. The van der Waals surface area contributed by atoms with Crippen molar-refractivity contribution in [1.82, 2.24) is 0 Å². The minimum absolute atomic E-state index is 0.0302. The van der Waals surface area contributed by atoms with Gasteiger partial charge in [0.05, 0.1) is 22.3 Å². The first-order valence-corrected chi connectivity index (χ1v) is 19.9. The van der Waals surface area contributed by atoms with Gasteiger partial charge in [-0.25, -0.2) is 4.79 Å². The summed E-state index contributed by atoms with van der Waals surface area (Å²) in [5.74, 6) is -1.72. The quantitative estimate of drug-likeness (QED) is 0.118. The molecule has 6 saturated carbocycles. The van der Waals surface area contributed by atoms with Crippen LogP contribution >= 0.6 is 67.8 Å². The van der Waals surface area contributed by atoms with Crippen molar-refractivity contribution in [3.05, 3.63) is 52.2 Å². The average molecular weight is 970 g/mol. The van der Waals surface area contributed by atoms with Gasteiger partial charge in [0.25, 0.3) is 10.1 Å². The fourth-order valence-corrected chi connectivity index (χ4v) is 13.0. The van der Waals surface area contributed by atoms with Crippen molar-refractivity contribution in [2.75, 3.05) is 0 Å². The molecule has 7 aliphatic rings. The van der Waals surface area contributed by atoms with Crippen LogP contribution < -0.4 is 4.74 Å². The Bertz CT molecular complexity index is 1730. The van der Waals surface area contributed by atoms with Gasteiger partial charge in [0.1, 0.15) is 18.0 Å². The number of halogens is 3. The summed E-state index contributed by atoms with van der Waals surface area (Å²) in [6.07, 6.45) is 4.55. The van der Waals surface area contributed by atoms with Crippen LogP contribution in [-0.4, -0.2) is 43.1 Å². The first kappa shape index (κ1) is 31.2. The number of esters is 3. The van der Waals surface area contributed by atoms with Gasteiger partial charge >= 0.3 is 17.9 Å². The van der Waals surface area contributed by atoms with Crippen LogP contribution in [0.2, 0.25) is 0 Å². The highest BCUT2D eigenvalue weighted by atomic mass is 127. The molecule has 0 spiro atoms. The minimum atomic E-state index is -4.50. The maximum absolute atomic E-state index is 13.8. The van der Waals surface area contributed by atoms with Crippen molar-refractivity contribution in [2.45, 2.75) is 61.5 Å². The van der Waals surface area contributed by atoms with Crippen LogP contribution in [0.15, 0.2) is 35.2 Å². The largest absolute Gasteiger partial charge is 0.458 e. The molecule has 7 fully saturated rings. The van der Waals surface area contributed by atoms with E-state index in [0.717, 1.165) is 36.4 Å². The molecule has 1 aliphatic heterocycles. The Balaban J connectivity index is 1.07. The monoisotopic (exact) mass is 970 g/mol. The molecule has 6 bridgehead atoms. The summed E-state index contributed by atoms with van der Waals surface area (Å²) in [5.41, 5.74) is 0.929. The Labute approximate surface area is 301 Å². The standard InChI is InChI=1S/C32H29I3O9S/c33-21-11-23(35)22(34)10-17(21)30(36)43-28-19-9-20-27(32(38)44-29(20)28)26(19)31(37)42-16-1-2-24(45(39,40)41)18(8-16)25-14-4-12-3-13(6-14)7-15(25)5-12/h1-2,8,10-15,19-20,25-29H,3-7,9H2,(H,39,40,41). The van der Waals surface area contributed by atoms with Crippen molar-refractivity contribution < 1.29 is 41.6 Å². The highest BCUT2D eigenvalue weighted by Gasteiger charge is 2.70. The lowest BCUT2D eigenvalue weighted by Crippen LogP contribution is -2.44. The molecule has 45 heavy (non-hydrogen) atoms. The second-order valence-corrected chi connectivity index (χ2v) is 18.6. The zero-order valence-corrected chi connectivity index (χ0v) is 31.0. The molecule has 0 radical (unpaired) electrons. The van der Waals surface area contributed by atoms with E-state index in [-0.39, 0.29) is 22.5 Å². The zero-order valence-electron chi connectivity index (χ0n) is 23.7. The van der Waals surface area contributed by atoms with E-state index in [1.54, 1.807) is 12.1 Å². The van der Waals surface area contributed by atoms with Gasteiger partial charge < -0.3 is 14.2 Å². The van der Waals surface area contributed by atoms with Crippen molar-refractivity contribution in [2.24, 2.45) is 47.3 Å². The summed E-state index contributed by atoms with van der Waals surface area (Å²) in [6, 6.07) is 7.99. The van der Waals surface area contributed by atoms with Gasteiger partial charge in [-0.2, -0.15) is 8.42 Å². The zero-order chi connectivity index (χ0) is 31.5. The highest BCUT2D eigenvalue weighted by Crippen LogP contribution is 2.61. The SMILES string of the molecule is O=C(OC1C2CC3C1OC(=O)C3C2C(=O)Oc1ccc(S(=O)(=O)O)c(C2C3CC4CC(C3)CC2C4)c1)c1cc(I)c(I)cc1I. The number of rotatable bonds is 6. The molecule has 1 N–H and O–H groups in total. The Morgan fingerprint density at radius 1 is 0.844 bits per heavy atom. The van der Waals surface area contributed by atoms with Crippen LogP contribution in [0, 0.1) is 58.1 Å². The van der Waals surface area contributed by atoms with Crippen molar-refractivity contribution in [3.8, 4) is 5.75 Å². The maximum atomic E-state index is 13.8.